The molecule has 0 saturated heterocycles. The average molecular weight is 783 g/mol. The van der Waals surface area contributed by atoms with E-state index in [-0.39, 0.29) is 59.7 Å². The first-order chi connectivity index (χ1) is 24.9. The monoisotopic (exact) mass is 781 g/mol. The number of carbonyl (C=O) groups is 6. The van der Waals surface area contributed by atoms with E-state index in [1.807, 2.05) is 13.8 Å². The number of carboxylic acid groups (broad SMARTS) is 1. The summed E-state index contributed by atoms with van der Waals surface area (Å²) in [6.45, 7) is 8.38. The highest BCUT2D eigenvalue weighted by atomic mass is 35.5. The Kier molecular flexibility index (Phi) is 18.5. The van der Waals surface area contributed by atoms with Crippen LogP contribution in [0.15, 0.2) is 42.5 Å². The fraction of sp³-hybridized carbons (Fsp3) is 0.500. The van der Waals surface area contributed by atoms with Gasteiger partial charge in [-0.3, -0.25) is 24.0 Å². The Bertz CT molecular complexity index is 1550. The Morgan fingerprint density at radius 3 is 2.04 bits per heavy atom. The standard InChI is InChI=1S/C36H49Cl2N5O10/c1-6-52-29(46)18-53-32-23(37)16-22(17-24(32)38)40-36(51)31(47)26(15-21-10-8-7-9-11-21)41-34(49)27(14-19(2)3)42-35(50)30(20(4)5)43-33(48)25(39)12-13-28(44)45/h7-11,16-17,19-20,25-27,30-31,47H,6,12-15,18,39H2,1-5H3,(H,40,51)(H,41,49)(H,42,50)(H,43,48)(H,44,45)/t25-,26-,27-,30-,31+/m0/s1. The zero-order valence-corrected chi connectivity index (χ0v) is 31.8. The molecule has 4 amide bonds. The van der Waals surface area contributed by atoms with Crippen molar-refractivity contribution in [2.75, 3.05) is 18.5 Å². The predicted molar refractivity (Wildman–Crippen MR) is 198 cm³/mol. The molecule has 0 aliphatic rings. The van der Waals surface area contributed by atoms with E-state index in [4.69, 9.17) is 43.5 Å². The van der Waals surface area contributed by atoms with E-state index in [2.05, 4.69) is 21.3 Å². The molecule has 0 aromatic heterocycles. The molecule has 8 N–H and O–H groups in total. The lowest BCUT2D eigenvalue weighted by Crippen LogP contribution is -2.59. The summed E-state index contributed by atoms with van der Waals surface area (Å²) in [6.07, 6.45) is -2.11. The maximum absolute atomic E-state index is 13.8. The van der Waals surface area contributed by atoms with E-state index >= 15 is 0 Å². The Morgan fingerprint density at radius 2 is 1.49 bits per heavy atom. The van der Waals surface area contributed by atoms with Gasteiger partial charge in [0, 0.05) is 12.1 Å². The van der Waals surface area contributed by atoms with Crippen molar-refractivity contribution in [2.24, 2.45) is 17.6 Å². The lowest BCUT2D eigenvalue weighted by molar-refractivity contribution is -0.145. The second-order valence-corrected chi connectivity index (χ2v) is 13.9. The number of amides is 4. The molecular formula is C36H49Cl2N5O10. The molecule has 0 spiro atoms. The van der Waals surface area contributed by atoms with Crippen LogP contribution in [-0.2, 0) is 39.9 Å². The molecule has 2 aromatic rings. The number of nitrogens with one attached hydrogen (secondary N) is 4. The van der Waals surface area contributed by atoms with Gasteiger partial charge in [-0.2, -0.15) is 0 Å². The predicted octanol–water partition coefficient (Wildman–Crippen LogP) is 2.83. The van der Waals surface area contributed by atoms with E-state index in [0.29, 0.717) is 5.56 Å². The van der Waals surface area contributed by atoms with Crippen molar-refractivity contribution >= 4 is 64.5 Å². The van der Waals surface area contributed by atoms with E-state index in [9.17, 15) is 33.9 Å². The highest BCUT2D eigenvalue weighted by Crippen LogP contribution is 2.36. The zero-order valence-electron chi connectivity index (χ0n) is 30.3. The van der Waals surface area contributed by atoms with Crippen LogP contribution >= 0.6 is 23.2 Å². The zero-order chi connectivity index (χ0) is 39.8. The number of ether oxygens (including phenoxy) is 2. The molecule has 0 unspecified atom stereocenters. The maximum Gasteiger partial charge on any atom is 0.344 e. The van der Waals surface area contributed by atoms with E-state index in [1.54, 1.807) is 51.1 Å². The number of halogens is 2. The molecule has 0 bridgehead atoms. The quantitative estimate of drug-likeness (QED) is 0.0910. The number of anilines is 1. The highest BCUT2D eigenvalue weighted by Gasteiger charge is 2.34. The summed E-state index contributed by atoms with van der Waals surface area (Å²) in [7, 11) is 0. The van der Waals surface area contributed by atoms with Gasteiger partial charge >= 0.3 is 11.9 Å². The Balaban J connectivity index is 2.28. The van der Waals surface area contributed by atoms with Crippen LogP contribution < -0.4 is 31.7 Å². The molecule has 53 heavy (non-hydrogen) atoms. The number of carbonyl (C=O) groups excluding carboxylic acids is 5. The van der Waals surface area contributed by atoms with E-state index in [0.717, 1.165) is 0 Å². The van der Waals surface area contributed by atoms with Crippen LogP contribution in [0.3, 0.4) is 0 Å². The molecule has 0 fully saturated rings. The number of aliphatic hydroxyl groups is 1. The van der Waals surface area contributed by atoms with Crippen LogP contribution in [0, 0.1) is 11.8 Å². The number of nitrogens with two attached hydrogens (primary N) is 1. The van der Waals surface area contributed by atoms with Gasteiger partial charge in [0.1, 0.15) is 12.1 Å². The molecule has 17 heteroatoms. The van der Waals surface area contributed by atoms with Crippen molar-refractivity contribution in [3.05, 3.63) is 58.1 Å². The minimum absolute atomic E-state index is 0.0184. The van der Waals surface area contributed by atoms with E-state index in [1.165, 1.54) is 12.1 Å². The number of aliphatic carboxylic acids is 1. The fourth-order valence-corrected chi connectivity index (χ4v) is 5.66. The van der Waals surface area contributed by atoms with Gasteiger partial charge in [-0.25, -0.2) is 4.79 Å². The van der Waals surface area contributed by atoms with Crippen molar-refractivity contribution < 1.29 is 48.5 Å². The molecular weight excluding hydrogens is 733 g/mol. The van der Waals surface area contributed by atoms with Crippen molar-refractivity contribution in [2.45, 2.75) is 90.6 Å². The van der Waals surface area contributed by atoms with Gasteiger partial charge in [0.15, 0.2) is 18.5 Å². The van der Waals surface area contributed by atoms with E-state index < -0.39 is 78.4 Å². The van der Waals surface area contributed by atoms with Gasteiger partial charge in [-0.1, -0.05) is 81.2 Å². The SMILES string of the molecule is CCOC(=O)COc1c(Cl)cc(NC(=O)[C@H](O)[C@H](Cc2ccccc2)NC(=O)[C@H](CC(C)C)NC(=O)[C@@H](NC(=O)[C@@H](N)CCC(=O)O)C(C)C)cc1Cl. The number of rotatable bonds is 21. The largest absolute Gasteiger partial charge is 0.481 e. The molecule has 5 atom stereocenters. The second kappa shape index (κ2) is 21.9. The molecule has 2 rings (SSSR count). The molecule has 2 aromatic carbocycles. The number of hydrogen-bond donors (Lipinski definition) is 7. The van der Waals surface area contributed by atoms with Gasteiger partial charge in [-0.15, -0.1) is 0 Å². The summed E-state index contributed by atoms with van der Waals surface area (Å²) in [5, 5.41) is 30.7. The number of hydrogen-bond acceptors (Lipinski definition) is 10. The van der Waals surface area contributed by atoms with Gasteiger partial charge in [0.05, 0.1) is 28.7 Å². The lowest BCUT2D eigenvalue weighted by atomic mass is 9.97. The minimum Gasteiger partial charge on any atom is -0.481 e. The first-order valence-corrected chi connectivity index (χ1v) is 17.9. The Labute approximate surface area is 318 Å². The molecule has 292 valence electrons. The molecule has 0 aliphatic heterocycles. The number of esters is 1. The molecule has 0 saturated carbocycles. The summed E-state index contributed by atoms with van der Waals surface area (Å²) in [5.74, 6) is -5.32. The Hall–Kier alpha value is -4.44. The van der Waals surface area contributed by atoms with Crippen molar-refractivity contribution in [3.63, 3.8) is 0 Å². The first kappa shape index (κ1) is 44.7. The van der Waals surface area contributed by atoms with Crippen molar-refractivity contribution in [1.82, 2.24) is 16.0 Å². The van der Waals surface area contributed by atoms with Crippen LogP contribution in [0.5, 0.6) is 5.75 Å². The lowest BCUT2D eigenvalue weighted by Gasteiger charge is -2.29. The normalized spacial score (nSPS) is 13.9. The van der Waals surface area contributed by atoms with Crippen LogP contribution in [0.2, 0.25) is 10.0 Å². The number of carboxylic acids is 1. The molecule has 0 heterocycles. The van der Waals surface area contributed by atoms with Crippen molar-refractivity contribution in [1.29, 1.82) is 0 Å². The van der Waals surface area contributed by atoms with Crippen LogP contribution in [0.1, 0.15) is 59.4 Å². The summed E-state index contributed by atoms with van der Waals surface area (Å²) in [4.78, 5) is 76.1. The minimum atomic E-state index is -1.82. The van der Waals surface area contributed by atoms with Crippen LogP contribution in [0.4, 0.5) is 5.69 Å². The molecule has 0 aliphatic carbocycles. The third-order valence-corrected chi connectivity index (χ3v) is 8.34. The van der Waals surface area contributed by atoms with Gasteiger partial charge in [0.25, 0.3) is 5.91 Å². The summed E-state index contributed by atoms with van der Waals surface area (Å²) in [5.41, 5.74) is 6.61. The molecule has 0 radical (unpaired) electrons. The van der Waals surface area contributed by atoms with Crippen LogP contribution in [0.25, 0.3) is 0 Å². The fourth-order valence-electron chi connectivity index (χ4n) is 5.07. The average Bonchev–Trinajstić information content (AvgIpc) is 3.08. The molecule has 15 nitrogen and oxygen atoms in total. The smallest absolute Gasteiger partial charge is 0.344 e. The summed E-state index contributed by atoms with van der Waals surface area (Å²) >= 11 is 12.6. The third kappa shape index (κ3) is 15.2. The second-order valence-electron chi connectivity index (χ2n) is 13.1. The first-order valence-electron chi connectivity index (χ1n) is 17.1. The topological polar surface area (TPSA) is 235 Å². The van der Waals surface area contributed by atoms with Gasteiger partial charge in [-0.05, 0) is 55.7 Å². The van der Waals surface area contributed by atoms with Crippen molar-refractivity contribution in [3.8, 4) is 5.75 Å². The van der Waals surface area contributed by atoms with Gasteiger partial charge in [0.2, 0.25) is 17.7 Å². The highest BCUT2D eigenvalue weighted by molar-refractivity contribution is 6.37. The number of aliphatic hydroxyl groups excluding tert-OH is 1. The van der Waals surface area contributed by atoms with Gasteiger partial charge < -0.3 is 46.7 Å². The summed E-state index contributed by atoms with van der Waals surface area (Å²) < 4.78 is 10.2. The van der Waals surface area contributed by atoms with Crippen LogP contribution in [-0.4, -0.2) is 89.3 Å². The number of benzene rings is 2. The maximum atomic E-state index is 13.8. The Morgan fingerprint density at radius 1 is 0.868 bits per heavy atom. The summed E-state index contributed by atoms with van der Waals surface area (Å²) in [6, 6.07) is 6.79. The third-order valence-electron chi connectivity index (χ3n) is 7.77.